The molecule has 0 spiro atoms. The van der Waals surface area contributed by atoms with E-state index in [1.54, 1.807) is 13.0 Å². The third-order valence-corrected chi connectivity index (χ3v) is 4.04. The molecule has 1 aliphatic carbocycles. The Morgan fingerprint density at radius 2 is 2.05 bits per heavy atom. The van der Waals surface area contributed by atoms with Crippen LogP contribution in [-0.4, -0.2) is 28.6 Å². The van der Waals surface area contributed by atoms with Crippen molar-refractivity contribution in [2.45, 2.75) is 38.7 Å². The maximum Gasteiger partial charge on any atom is 0.270 e. The third kappa shape index (κ3) is 4.01. The summed E-state index contributed by atoms with van der Waals surface area (Å²) in [7, 11) is 0. The van der Waals surface area contributed by atoms with Gasteiger partial charge in [-0.25, -0.2) is 0 Å². The molecule has 2 rings (SSSR count). The van der Waals surface area contributed by atoms with Gasteiger partial charge in [0.05, 0.1) is 11.0 Å². The highest BCUT2D eigenvalue weighted by atomic mass is 16.6. The standard InChI is InChI=1S/C15H20N2O4/c1-10-2-5-12(17(20)21)8-14(10)15(19)16-9-11-3-6-13(18)7-4-11/h2,5,8,11,13,18H,3-4,6-7,9H2,1H3,(H,16,19). The number of hydrogen-bond donors (Lipinski definition) is 2. The maximum atomic E-state index is 12.2. The van der Waals surface area contributed by atoms with Gasteiger partial charge in [-0.05, 0) is 44.1 Å². The number of benzene rings is 1. The van der Waals surface area contributed by atoms with Gasteiger partial charge in [0.15, 0.2) is 0 Å². The van der Waals surface area contributed by atoms with Crippen LogP contribution in [0, 0.1) is 23.0 Å². The lowest BCUT2D eigenvalue weighted by Gasteiger charge is -2.25. The van der Waals surface area contributed by atoms with E-state index in [9.17, 15) is 20.0 Å². The Labute approximate surface area is 123 Å². The van der Waals surface area contributed by atoms with Gasteiger partial charge in [-0.15, -0.1) is 0 Å². The van der Waals surface area contributed by atoms with Crippen LogP contribution < -0.4 is 5.32 Å². The average molecular weight is 292 g/mol. The Bertz CT molecular complexity index is 536. The molecule has 6 heteroatoms. The molecule has 0 radical (unpaired) electrons. The van der Waals surface area contributed by atoms with E-state index in [0.29, 0.717) is 18.0 Å². The third-order valence-electron chi connectivity index (χ3n) is 4.04. The first-order valence-corrected chi connectivity index (χ1v) is 7.18. The summed E-state index contributed by atoms with van der Waals surface area (Å²) in [6.07, 6.45) is 3.13. The topological polar surface area (TPSA) is 92.5 Å². The van der Waals surface area contributed by atoms with Gasteiger partial charge in [0, 0.05) is 24.2 Å². The molecule has 1 aliphatic rings. The lowest BCUT2D eigenvalue weighted by molar-refractivity contribution is -0.384. The Morgan fingerprint density at radius 1 is 1.38 bits per heavy atom. The number of carbonyl (C=O) groups is 1. The van der Waals surface area contributed by atoms with Crippen LogP contribution in [0.3, 0.4) is 0 Å². The van der Waals surface area contributed by atoms with Gasteiger partial charge in [-0.2, -0.15) is 0 Å². The quantitative estimate of drug-likeness (QED) is 0.657. The number of hydrogen-bond acceptors (Lipinski definition) is 4. The number of aryl methyl sites for hydroxylation is 1. The predicted octanol–water partition coefficient (Wildman–Crippen LogP) is 2.18. The second kappa shape index (κ2) is 6.67. The molecular weight excluding hydrogens is 272 g/mol. The first-order valence-electron chi connectivity index (χ1n) is 7.18. The summed E-state index contributed by atoms with van der Waals surface area (Å²) in [5, 5.41) is 23.1. The SMILES string of the molecule is Cc1ccc([N+](=O)[O-])cc1C(=O)NCC1CCC(O)CC1. The molecule has 0 bridgehead atoms. The Kier molecular flexibility index (Phi) is 4.90. The van der Waals surface area contributed by atoms with E-state index in [2.05, 4.69) is 5.32 Å². The molecule has 1 aromatic carbocycles. The fourth-order valence-corrected chi connectivity index (χ4v) is 2.65. The number of amides is 1. The van der Waals surface area contributed by atoms with E-state index in [0.717, 1.165) is 31.2 Å². The fraction of sp³-hybridized carbons (Fsp3) is 0.533. The van der Waals surface area contributed by atoms with Crippen molar-refractivity contribution in [3.8, 4) is 0 Å². The second-order valence-corrected chi connectivity index (χ2v) is 5.64. The van der Waals surface area contributed by atoms with Crippen LogP contribution in [0.2, 0.25) is 0 Å². The molecule has 0 saturated heterocycles. The van der Waals surface area contributed by atoms with Gasteiger partial charge >= 0.3 is 0 Å². The van der Waals surface area contributed by atoms with Gasteiger partial charge in [-0.1, -0.05) is 6.07 Å². The predicted molar refractivity (Wildman–Crippen MR) is 78.1 cm³/mol. The van der Waals surface area contributed by atoms with E-state index in [-0.39, 0.29) is 17.7 Å². The van der Waals surface area contributed by atoms with Crippen molar-refractivity contribution >= 4 is 11.6 Å². The molecule has 114 valence electrons. The molecule has 2 N–H and O–H groups in total. The lowest BCUT2D eigenvalue weighted by Crippen LogP contribution is -2.32. The van der Waals surface area contributed by atoms with E-state index < -0.39 is 4.92 Å². The molecule has 1 aromatic rings. The molecule has 0 aliphatic heterocycles. The highest BCUT2D eigenvalue weighted by Gasteiger charge is 2.21. The summed E-state index contributed by atoms with van der Waals surface area (Å²) >= 11 is 0. The zero-order chi connectivity index (χ0) is 15.4. The van der Waals surface area contributed by atoms with Crippen LogP contribution in [0.5, 0.6) is 0 Å². The number of nitrogens with one attached hydrogen (secondary N) is 1. The molecule has 0 heterocycles. The monoisotopic (exact) mass is 292 g/mol. The lowest BCUT2D eigenvalue weighted by atomic mass is 9.87. The first kappa shape index (κ1) is 15.4. The summed E-state index contributed by atoms with van der Waals surface area (Å²) in [5.41, 5.74) is 0.990. The fourth-order valence-electron chi connectivity index (χ4n) is 2.65. The molecule has 6 nitrogen and oxygen atoms in total. The number of aliphatic hydroxyl groups is 1. The van der Waals surface area contributed by atoms with Gasteiger partial charge in [0.25, 0.3) is 11.6 Å². The first-order chi connectivity index (χ1) is 9.97. The van der Waals surface area contributed by atoms with Crippen LogP contribution in [0.4, 0.5) is 5.69 Å². The molecule has 21 heavy (non-hydrogen) atoms. The second-order valence-electron chi connectivity index (χ2n) is 5.64. The van der Waals surface area contributed by atoms with E-state index >= 15 is 0 Å². The van der Waals surface area contributed by atoms with Crippen molar-refractivity contribution in [3.63, 3.8) is 0 Å². The number of non-ortho nitro benzene ring substituents is 1. The van der Waals surface area contributed by atoms with Crippen LogP contribution in [0.15, 0.2) is 18.2 Å². The largest absolute Gasteiger partial charge is 0.393 e. The Balaban J connectivity index is 1.97. The number of nitrogens with zero attached hydrogens (tertiary/aromatic N) is 1. The molecule has 1 fully saturated rings. The number of carbonyl (C=O) groups excluding carboxylic acids is 1. The zero-order valence-electron chi connectivity index (χ0n) is 12.0. The minimum Gasteiger partial charge on any atom is -0.393 e. The molecule has 0 atom stereocenters. The highest BCUT2D eigenvalue weighted by molar-refractivity contribution is 5.96. The van der Waals surface area contributed by atoms with Crippen molar-refractivity contribution in [3.05, 3.63) is 39.4 Å². The van der Waals surface area contributed by atoms with E-state index in [4.69, 9.17) is 0 Å². The van der Waals surface area contributed by atoms with Gasteiger partial charge in [0.1, 0.15) is 0 Å². The molecule has 1 saturated carbocycles. The minimum atomic E-state index is -0.501. The van der Waals surface area contributed by atoms with Crippen LogP contribution >= 0.6 is 0 Å². The van der Waals surface area contributed by atoms with Crippen LogP contribution in [0.1, 0.15) is 41.6 Å². The van der Waals surface area contributed by atoms with E-state index in [1.165, 1.54) is 12.1 Å². The molecular formula is C15H20N2O4. The van der Waals surface area contributed by atoms with Gasteiger partial charge in [-0.3, -0.25) is 14.9 Å². The summed E-state index contributed by atoms with van der Waals surface area (Å²) in [6.45, 7) is 2.31. The summed E-state index contributed by atoms with van der Waals surface area (Å²) in [5.74, 6) is 0.0960. The summed E-state index contributed by atoms with van der Waals surface area (Å²) in [6, 6.07) is 4.30. The Hall–Kier alpha value is -1.95. The van der Waals surface area contributed by atoms with Gasteiger partial charge < -0.3 is 10.4 Å². The zero-order valence-corrected chi connectivity index (χ0v) is 12.0. The average Bonchev–Trinajstić information content (AvgIpc) is 2.46. The number of nitro benzene ring substituents is 1. The van der Waals surface area contributed by atoms with Crippen molar-refractivity contribution in [1.82, 2.24) is 5.32 Å². The molecule has 0 aromatic heterocycles. The van der Waals surface area contributed by atoms with Crippen molar-refractivity contribution in [2.75, 3.05) is 6.54 Å². The minimum absolute atomic E-state index is 0.0773. The smallest absolute Gasteiger partial charge is 0.270 e. The highest BCUT2D eigenvalue weighted by Crippen LogP contribution is 2.24. The number of aliphatic hydroxyl groups excluding tert-OH is 1. The normalized spacial score (nSPS) is 21.8. The van der Waals surface area contributed by atoms with Gasteiger partial charge in [0.2, 0.25) is 0 Å². The van der Waals surface area contributed by atoms with E-state index in [1.807, 2.05) is 0 Å². The number of rotatable bonds is 4. The number of nitro groups is 1. The summed E-state index contributed by atoms with van der Waals surface area (Å²) in [4.78, 5) is 22.4. The van der Waals surface area contributed by atoms with Crippen molar-refractivity contribution in [2.24, 2.45) is 5.92 Å². The summed E-state index contributed by atoms with van der Waals surface area (Å²) < 4.78 is 0. The van der Waals surface area contributed by atoms with Crippen molar-refractivity contribution < 1.29 is 14.8 Å². The van der Waals surface area contributed by atoms with Crippen molar-refractivity contribution in [1.29, 1.82) is 0 Å². The van der Waals surface area contributed by atoms with Crippen LogP contribution in [-0.2, 0) is 0 Å². The maximum absolute atomic E-state index is 12.2. The van der Waals surface area contributed by atoms with Crippen LogP contribution in [0.25, 0.3) is 0 Å². The molecule has 1 amide bonds. The molecule has 0 unspecified atom stereocenters. The Morgan fingerprint density at radius 3 is 2.67 bits per heavy atom.